The molecule has 2 aromatic carbocycles. The average Bonchev–Trinajstić information content (AvgIpc) is 3.43. The molecule has 0 saturated heterocycles. The smallest absolute Gasteiger partial charge is 0.293 e. The van der Waals surface area contributed by atoms with Gasteiger partial charge in [-0.1, -0.05) is 28.9 Å². The first-order valence-corrected chi connectivity index (χ1v) is 10.2. The van der Waals surface area contributed by atoms with Gasteiger partial charge in [-0.15, -0.1) is 5.10 Å². The molecule has 4 aromatic rings. The molecule has 0 aliphatic rings. The normalized spacial score (nSPS) is 11.0. The molecule has 3 N–H and O–H groups in total. The Morgan fingerprint density at radius 3 is 2.74 bits per heavy atom. The number of nitrogens with zero attached hydrogens (tertiary/aromatic N) is 6. The Labute approximate surface area is 198 Å². The SMILES string of the molecule is COc1cc(/C=N/NC(=O)c2nnn(-c3nonc3N)c2C)ccc1OCc1ccc(Cl)cc1. The second kappa shape index (κ2) is 10.0. The molecule has 0 bridgehead atoms. The Balaban J connectivity index is 1.40. The molecule has 0 spiro atoms. The third-order valence-corrected chi connectivity index (χ3v) is 4.93. The van der Waals surface area contributed by atoms with Crippen molar-refractivity contribution < 1.29 is 18.9 Å². The molecule has 0 saturated carbocycles. The highest BCUT2D eigenvalue weighted by molar-refractivity contribution is 6.30. The number of nitrogen functional groups attached to an aromatic ring is 1. The number of amides is 1. The number of nitrogens with one attached hydrogen (secondary N) is 1. The number of aromatic nitrogens is 5. The first-order chi connectivity index (χ1) is 16.5. The third-order valence-electron chi connectivity index (χ3n) is 4.68. The van der Waals surface area contributed by atoms with Crippen LogP contribution in [0.4, 0.5) is 5.82 Å². The summed E-state index contributed by atoms with van der Waals surface area (Å²) in [7, 11) is 1.54. The Bertz CT molecular complexity index is 1330. The van der Waals surface area contributed by atoms with E-state index in [1.807, 2.05) is 12.1 Å². The van der Waals surface area contributed by atoms with Crippen molar-refractivity contribution in [2.24, 2.45) is 5.10 Å². The number of hydrazone groups is 1. The summed E-state index contributed by atoms with van der Waals surface area (Å²) in [5, 5.41) is 19.5. The van der Waals surface area contributed by atoms with Gasteiger partial charge in [0.2, 0.25) is 11.6 Å². The maximum atomic E-state index is 12.5. The standard InChI is InChI=1S/C21H19ClN8O4/c1-12-18(25-29-30(12)20-19(23)27-34-28-20)21(31)26-24-10-14-5-8-16(17(9-14)32-2)33-11-13-3-6-15(22)7-4-13/h3-10H,11H2,1-2H3,(H2,23,27)(H,26,31)/b24-10+. The lowest BCUT2D eigenvalue weighted by atomic mass is 10.2. The molecule has 0 fully saturated rings. The quantitative estimate of drug-likeness (QED) is 0.284. The lowest BCUT2D eigenvalue weighted by Crippen LogP contribution is -2.19. The van der Waals surface area contributed by atoms with Crippen molar-refractivity contribution in [2.45, 2.75) is 13.5 Å². The highest BCUT2D eigenvalue weighted by atomic mass is 35.5. The number of carbonyl (C=O) groups is 1. The second-order valence-corrected chi connectivity index (χ2v) is 7.37. The summed E-state index contributed by atoms with van der Waals surface area (Å²) < 4.78 is 17.0. The summed E-state index contributed by atoms with van der Waals surface area (Å²) >= 11 is 5.91. The molecule has 12 nitrogen and oxygen atoms in total. The van der Waals surface area contributed by atoms with Gasteiger partial charge in [-0.05, 0) is 58.7 Å². The van der Waals surface area contributed by atoms with Crippen LogP contribution >= 0.6 is 11.6 Å². The zero-order chi connectivity index (χ0) is 24.1. The first kappa shape index (κ1) is 22.7. The summed E-state index contributed by atoms with van der Waals surface area (Å²) in [5.74, 6) is 0.671. The zero-order valence-corrected chi connectivity index (χ0v) is 18.9. The lowest BCUT2D eigenvalue weighted by molar-refractivity contribution is 0.0949. The van der Waals surface area contributed by atoms with E-state index in [4.69, 9.17) is 26.8 Å². The molecule has 0 aliphatic heterocycles. The Kier molecular flexibility index (Phi) is 6.69. The number of ether oxygens (including phenoxy) is 2. The van der Waals surface area contributed by atoms with Gasteiger partial charge in [-0.25, -0.2) is 10.1 Å². The van der Waals surface area contributed by atoms with Crippen LogP contribution in [-0.4, -0.2) is 44.5 Å². The number of hydrogen-bond donors (Lipinski definition) is 2. The van der Waals surface area contributed by atoms with E-state index < -0.39 is 5.91 Å². The van der Waals surface area contributed by atoms with Gasteiger partial charge in [-0.3, -0.25) is 4.79 Å². The van der Waals surface area contributed by atoms with Crippen LogP contribution in [0.1, 0.15) is 27.3 Å². The number of anilines is 1. The summed E-state index contributed by atoms with van der Waals surface area (Å²) in [5.41, 5.74) is 10.1. The van der Waals surface area contributed by atoms with Crippen molar-refractivity contribution in [3.63, 3.8) is 0 Å². The van der Waals surface area contributed by atoms with Crippen LogP contribution < -0.4 is 20.6 Å². The number of halogens is 1. The topological polar surface area (TPSA) is 156 Å². The summed E-state index contributed by atoms with van der Waals surface area (Å²) in [6.45, 7) is 1.98. The van der Waals surface area contributed by atoms with Crippen molar-refractivity contribution in [1.29, 1.82) is 0 Å². The molecule has 0 aliphatic carbocycles. The molecule has 174 valence electrons. The van der Waals surface area contributed by atoms with Gasteiger partial charge in [0.25, 0.3) is 5.91 Å². The molecule has 1 amide bonds. The summed E-state index contributed by atoms with van der Waals surface area (Å²) in [6.07, 6.45) is 1.46. The minimum Gasteiger partial charge on any atom is -0.493 e. The predicted molar refractivity (Wildman–Crippen MR) is 122 cm³/mol. The molecule has 0 atom stereocenters. The maximum Gasteiger partial charge on any atom is 0.293 e. The first-order valence-electron chi connectivity index (χ1n) is 9.85. The van der Waals surface area contributed by atoms with Crippen LogP contribution in [0.2, 0.25) is 5.02 Å². The molecule has 4 rings (SSSR count). The van der Waals surface area contributed by atoms with E-state index in [0.717, 1.165) is 5.56 Å². The van der Waals surface area contributed by atoms with Crippen molar-refractivity contribution in [3.8, 4) is 17.3 Å². The highest BCUT2D eigenvalue weighted by Crippen LogP contribution is 2.28. The monoisotopic (exact) mass is 482 g/mol. The van der Waals surface area contributed by atoms with E-state index >= 15 is 0 Å². The Hall–Kier alpha value is -4.45. The van der Waals surface area contributed by atoms with E-state index in [1.165, 1.54) is 18.0 Å². The van der Waals surface area contributed by atoms with Crippen LogP contribution in [0.3, 0.4) is 0 Å². The minimum atomic E-state index is -0.565. The average molecular weight is 483 g/mol. The molecule has 13 heteroatoms. The third kappa shape index (κ3) is 4.96. The van der Waals surface area contributed by atoms with Gasteiger partial charge in [0, 0.05) is 5.02 Å². The summed E-state index contributed by atoms with van der Waals surface area (Å²) in [6, 6.07) is 12.6. The molecular formula is C21H19ClN8O4. The highest BCUT2D eigenvalue weighted by Gasteiger charge is 2.20. The van der Waals surface area contributed by atoms with Gasteiger partial charge in [0.15, 0.2) is 17.2 Å². The van der Waals surface area contributed by atoms with E-state index in [0.29, 0.717) is 34.4 Å². The Morgan fingerprint density at radius 2 is 2.03 bits per heavy atom. The second-order valence-electron chi connectivity index (χ2n) is 6.93. The fraction of sp³-hybridized carbons (Fsp3) is 0.143. The fourth-order valence-electron chi connectivity index (χ4n) is 2.92. The number of benzene rings is 2. The molecule has 2 heterocycles. The van der Waals surface area contributed by atoms with E-state index in [9.17, 15) is 4.79 Å². The van der Waals surface area contributed by atoms with Gasteiger partial charge in [-0.2, -0.15) is 9.78 Å². The zero-order valence-electron chi connectivity index (χ0n) is 18.1. The molecule has 34 heavy (non-hydrogen) atoms. The number of nitrogens with two attached hydrogens (primary N) is 1. The van der Waals surface area contributed by atoms with E-state index in [1.54, 1.807) is 37.3 Å². The predicted octanol–water partition coefficient (Wildman–Crippen LogP) is 2.55. The largest absolute Gasteiger partial charge is 0.493 e. The van der Waals surface area contributed by atoms with Gasteiger partial charge < -0.3 is 15.2 Å². The van der Waals surface area contributed by atoms with E-state index in [-0.39, 0.29) is 17.3 Å². The van der Waals surface area contributed by atoms with E-state index in [2.05, 4.69) is 35.8 Å². The summed E-state index contributed by atoms with van der Waals surface area (Å²) in [4.78, 5) is 12.5. The van der Waals surface area contributed by atoms with Crippen LogP contribution in [0.5, 0.6) is 11.5 Å². The Morgan fingerprint density at radius 1 is 1.24 bits per heavy atom. The van der Waals surface area contributed by atoms with Crippen molar-refractivity contribution in [2.75, 3.05) is 12.8 Å². The number of carbonyl (C=O) groups excluding carboxylic acids is 1. The van der Waals surface area contributed by atoms with Gasteiger partial charge >= 0.3 is 0 Å². The van der Waals surface area contributed by atoms with Crippen molar-refractivity contribution >= 4 is 29.5 Å². The molecule has 2 aromatic heterocycles. The minimum absolute atomic E-state index is 0.0209. The van der Waals surface area contributed by atoms with Crippen LogP contribution in [-0.2, 0) is 6.61 Å². The van der Waals surface area contributed by atoms with Gasteiger partial charge in [0.05, 0.1) is 19.0 Å². The molecular weight excluding hydrogens is 464 g/mol. The number of methoxy groups -OCH3 is 1. The van der Waals surface area contributed by atoms with Crippen molar-refractivity contribution in [1.82, 2.24) is 30.7 Å². The van der Waals surface area contributed by atoms with Crippen LogP contribution in [0.15, 0.2) is 52.2 Å². The number of hydrogen-bond acceptors (Lipinski definition) is 10. The maximum absolute atomic E-state index is 12.5. The lowest BCUT2D eigenvalue weighted by Gasteiger charge is -2.11. The van der Waals surface area contributed by atoms with Crippen molar-refractivity contribution in [3.05, 3.63) is 70.0 Å². The molecule has 0 unspecified atom stereocenters. The number of rotatable bonds is 8. The van der Waals surface area contributed by atoms with Gasteiger partial charge in [0.1, 0.15) is 6.61 Å². The fourth-order valence-corrected chi connectivity index (χ4v) is 3.05. The van der Waals surface area contributed by atoms with Crippen LogP contribution in [0, 0.1) is 6.92 Å². The van der Waals surface area contributed by atoms with Crippen LogP contribution in [0.25, 0.3) is 5.82 Å². The molecule has 0 radical (unpaired) electrons.